The van der Waals surface area contributed by atoms with Gasteiger partial charge >= 0.3 is 17.9 Å². The van der Waals surface area contributed by atoms with Crippen LogP contribution < -0.4 is 9.47 Å². The summed E-state index contributed by atoms with van der Waals surface area (Å²) in [6.45, 7) is 5.37. The van der Waals surface area contributed by atoms with Crippen LogP contribution in [0.4, 0.5) is 0 Å². The van der Waals surface area contributed by atoms with E-state index in [0.717, 1.165) is 17.2 Å². The standard InChI is InChI=1S/C43H54O18/c1-23(13-9-15-25(3)40(52)53)11-7-8-12-24(2)14-10-16-26(4)41(54)61-43-39(51)37(49)35(47)31(60-43)22-58-42-38(50)36(48)34(46)30(59-42)21-57-32(44)18-17-27-19-28(55-5)33(45)29(20-27)56-6/h7-20,30-31,34-39,42-43,45-51H,21-22H2,1-6H3,(H,52,53)/b8-7+,13-9+,14-10+,18-17+,23-11+,24-12+,25-15+,26-16+/t30?,31?,34-,35-,36?,37?,38+,39?,42-,43+/m1/s1. The molecule has 2 fully saturated rings. The third kappa shape index (κ3) is 14.9. The Hall–Kier alpha value is -5.41. The molecule has 0 aliphatic carbocycles. The van der Waals surface area contributed by atoms with Gasteiger partial charge in [-0.3, -0.25) is 0 Å². The number of aromatic hydroxyl groups is 1. The van der Waals surface area contributed by atoms with Crippen molar-refractivity contribution in [1.82, 2.24) is 0 Å². The van der Waals surface area contributed by atoms with E-state index in [9.17, 15) is 50.1 Å². The molecule has 61 heavy (non-hydrogen) atoms. The Labute approximate surface area is 352 Å². The van der Waals surface area contributed by atoms with Crippen molar-refractivity contribution in [2.45, 2.75) is 89.1 Å². The van der Waals surface area contributed by atoms with Crippen molar-refractivity contribution < 1.29 is 88.4 Å². The van der Waals surface area contributed by atoms with E-state index in [1.165, 1.54) is 58.4 Å². The molecule has 0 saturated carbocycles. The van der Waals surface area contributed by atoms with Crippen molar-refractivity contribution in [3.8, 4) is 17.2 Å². The number of ether oxygens (including phenoxy) is 7. The van der Waals surface area contributed by atoms with Crippen LogP contribution in [0.25, 0.3) is 6.08 Å². The Kier molecular flexibility index (Phi) is 19.8. The Morgan fingerprint density at radius 3 is 1.66 bits per heavy atom. The third-order valence-corrected chi connectivity index (χ3v) is 9.19. The molecule has 0 spiro atoms. The number of carboxylic acids is 1. The summed E-state index contributed by atoms with van der Waals surface area (Å²) in [7, 11) is 2.67. The van der Waals surface area contributed by atoms with Gasteiger partial charge in [0.2, 0.25) is 12.0 Å². The minimum atomic E-state index is -1.87. The monoisotopic (exact) mass is 858 g/mol. The highest BCUT2D eigenvalue weighted by molar-refractivity contribution is 5.88. The van der Waals surface area contributed by atoms with Crippen molar-refractivity contribution in [2.24, 2.45) is 0 Å². The van der Waals surface area contributed by atoms with Gasteiger partial charge in [0.1, 0.15) is 55.4 Å². The molecule has 10 atom stereocenters. The Bertz CT molecular complexity index is 1900. The van der Waals surface area contributed by atoms with Gasteiger partial charge in [0.15, 0.2) is 17.8 Å². The van der Waals surface area contributed by atoms with E-state index in [1.807, 2.05) is 26.0 Å². The van der Waals surface area contributed by atoms with Crippen molar-refractivity contribution in [1.29, 1.82) is 0 Å². The summed E-state index contributed by atoms with van der Waals surface area (Å²) in [5, 5.41) is 82.2. The molecule has 8 N–H and O–H groups in total. The fraction of sp³-hybridized carbons (Fsp3) is 0.419. The first-order chi connectivity index (χ1) is 28.9. The summed E-state index contributed by atoms with van der Waals surface area (Å²) in [5.74, 6) is -2.86. The maximum atomic E-state index is 12.9. The van der Waals surface area contributed by atoms with Gasteiger partial charge in [0, 0.05) is 17.2 Å². The van der Waals surface area contributed by atoms with Crippen LogP contribution >= 0.6 is 0 Å². The molecular formula is C43H54O18. The average molecular weight is 859 g/mol. The second-order valence-electron chi connectivity index (χ2n) is 13.9. The zero-order chi connectivity index (χ0) is 45.4. The number of carbonyl (C=O) groups is 3. The molecule has 18 nitrogen and oxygen atoms in total. The minimum absolute atomic E-state index is 0.0900. The molecule has 1 aromatic rings. The molecule has 5 unspecified atom stereocenters. The van der Waals surface area contributed by atoms with Crippen LogP contribution in [0.1, 0.15) is 33.3 Å². The number of hydrogen-bond acceptors (Lipinski definition) is 17. The number of methoxy groups -OCH3 is 2. The van der Waals surface area contributed by atoms with Gasteiger partial charge in [-0.2, -0.15) is 0 Å². The number of esters is 2. The van der Waals surface area contributed by atoms with Crippen LogP contribution in [0.15, 0.2) is 101 Å². The highest BCUT2D eigenvalue weighted by atomic mass is 16.7. The number of allylic oxidation sites excluding steroid dienone is 12. The first kappa shape index (κ1) is 49.9. The summed E-state index contributed by atoms with van der Waals surface area (Å²) >= 11 is 0. The number of phenolic OH excluding ortho intramolecular Hbond substituents is 1. The largest absolute Gasteiger partial charge is 0.502 e. The highest BCUT2D eigenvalue weighted by Gasteiger charge is 2.48. The van der Waals surface area contributed by atoms with Gasteiger partial charge < -0.3 is 74.0 Å². The van der Waals surface area contributed by atoms with E-state index in [0.29, 0.717) is 5.56 Å². The minimum Gasteiger partial charge on any atom is -0.502 e. The molecule has 0 aromatic heterocycles. The van der Waals surface area contributed by atoms with Crippen molar-refractivity contribution in [3.63, 3.8) is 0 Å². The topological polar surface area (TPSA) is 278 Å². The number of hydrogen-bond donors (Lipinski definition) is 8. The predicted molar refractivity (Wildman–Crippen MR) is 217 cm³/mol. The smallest absolute Gasteiger partial charge is 0.336 e. The Morgan fingerprint density at radius 1 is 0.639 bits per heavy atom. The van der Waals surface area contributed by atoms with Crippen LogP contribution in [0.3, 0.4) is 0 Å². The van der Waals surface area contributed by atoms with Gasteiger partial charge in [0.05, 0.1) is 20.8 Å². The zero-order valence-electron chi connectivity index (χ0n) is 34.4. The number of aliphatic hydroxyl groups excluding tert-OH is 6. The van der Waals surface area contributed by atoms with Crippen molar-refractivity contribution in [2.75, 3.05) is 27.4 Å². The van der Waals surface area contributed by atoms with E-state index in [-0.39, 0.29) is 28.4 Å². The van der Waals surface area contributed by atoms with Crippen LogP contribution in [0.2, 0.25) is 0 Å². The quantitative estimate of drug-likeness (QED) is 0.0592. The lowest BCUT2D eigenvalue weighted by Crippen LogP contribution is -2.62. The summed E-state index contributed by atoms with van der Waals surface area (Å²) in [6, 6.07) is 2.87. The highest BCUT2D eigenvalue weighted by Crippen LogP contribution is 2.37. The van der Waals surface area contributed by atoms with Gasteiger partial charge in [0.25, 0.3) is 0 Å². The lowest BCUT2D eigenvalue weighted by atomic mass is 9.98. The lowest BCUT2D eigenvalue weighted by Gasteiger charge is -2.42. The normalized spacial score (nSPS) is 28.2. The number of aliphatic hydroxyl groups is 6. The summed E-state index contributed by atoms with van der Waals surface area (Å²) in [4.78, 5) is 36.2. The number of benzene rings is 1. The van der Waals surface area contributed by atoms with E-state index >= 15 is 0 Å². The second kappa shape index (κ2) is 24.1. The number of carbonyl (C=O) groups excluding carboxylic acids is 2. The lowest BCUT2D eigenvalue weighted by molar-refractivity contribution is -0.326. The predicted octanol–water partition coefficient (Wildman–Crippen LogP) is 1.68. The zero-order valence-corrected chi connectivity index (χ0v) is 34.4. The second-order valence-corrected chi connectivity index (χ2v) is 13.9. The van der Waals surface area contributed by atoms with E-state index < -0.39 is 92.5 Å². The van der Waals surface area contributed by atoms with E-state index in [4.69, 9.17) is 38.3 Å². The fourth-order valence-corrected chi connectivity index (χ4v) is 5.47. The van der Waals surface area contributed by atoms with Gasteiger partial charge in [-0.25, -0.2) is 14.4 Å². The van der Waals surface area contributed by atoms with Crippen LogP contribution in [-0.2, 0) is 38.1 Å². The number of phenols is 1. The maximum Gasteiger partial charge on any atom is 0.336 e. The molecule has 1 aromatic carbocycles. The Balaban J connectivity index is 1.56. The average Bonchev–Trinajstić information content (AvgIpc) is 3.23. The molecule has 0 bridgehead atoms. The van der Waals surface area contributed by atoms with Crippen molar-refractivity contribution in [3.05, 3.63) is 107 Å². The summed E-state index contributed by atoms with van der Waals surface area (Å²) in [5.41, 5.74) is 2.44. The van der Waals surface area contributed by atoms with Gasteiger partial charge in [-0.15, -0.1) is 0 Å². The summed E-state index contributed by atoms with van der Waals surface area (Å²) < 4.78 is 37.3. The molecule has 3 rings (SSSR count). The molecule has 2 aliphatic heterocycles. The van der Waals surface area contributed by atoms with Crippen LogP contribution in [0.5, 0.6) is 17.2 Å². The van der Waals surface area contributed by atoms with E-state index in [1.54, 1.807) is 36.5 Å². The molecule has 0 radical (unpaired) electrons. The number of carboxylic acid groups (broad SMARTS) is 1. The molecular weight excluding hydrogens is 804 g/mol. The first-order valence-corrected chi connectivity index (χ1v) is 18.8. The van der Waals surface area contributed by atoms with Crippen molar-refractivity contribution >= 4 is 24.0 Å². The van der Waals surface area contributed by atoms with E-state index in [2.05, 4.69) is 0 Å². The maximum absolute atomic E-state index is 12.9. The molecule has 0 amide bonds. The van der Waals surface area contributed by atoms with Crippen LogP contribution in [-0.4, -0.2) is 148 Å². The Morgan fingerprint density at radius 2 is 1.13 bits per heavy atom. The number of aliphatic carboxylic acids is 1. The molecule has 2 aliphatic rings. The molecule has 2 heterocycles. The number of rotatable bonds is 18. The summed E-state index contributed by atoms with van der Waals surface area (Å²) in [6.07, 6.45) is 2.04. The van der Waals surface area contributed by atoms with Crippen LogP contribution in [0, 0.1) is 0 Å². The first-order valence-electron chi connectivity index (χ1n) is 18.8. The third-order valence-electron chi connectivity index (χ3n) is 9.19. The fourth-order valence-electron chi connectivity index (χ4n) is 5.47. The molecule has 334 valence electrons. The molecule has 2 saturated heterocycles. The van der Waals surface area contributed by atoms with Gasteiger partial charge in [-0.1, -0.05) is 71.9 Å². The van der Waals surface area contributed by atoms with Gasteiger partial charge in [-0.05, 0) is 51.5 Å². The molecule has 18 heteroatoms. The SMILES string of the molecule is COc1cc(/C=C/C(=O)OCC2O[C@@H](OCC3O[C@@H](OC(=O)/C(C)=C/C=C/C(C)=C/C=C/C=C(C)/C=C/C=C(\C)C(=O)O)C(O)C(O)[C@@H]3O)[C@@H](O)C(O)[C@@H]2O)cc(OC)c1O.